The fourth-order valence-corrected chi connectivity index (χ4v) is 3.78. The van der Waals surface area contributed by atoms with Gasteiger partial charge in [-0.25, -0.2) is 14.6 Å². The van der Waals surface area contributed by atoms with E-state index in [1.54, 1.807) is 0 Å². The highest BCUT2D eigenvalue weighted by Crippen LogP contribution is 2.53. The molecule has 0 aromatic heterocycles. The number of nitrogens with zero attached hydrogens (tertiary/aromatic N) is 1. The molecule has 11 heteroatoms. The van der Waals surface area contributed by atoms with Crippen molar-refractivity contribution >= 4 is 36.7 Å². The summed E-state index contributed by atoms with van der Waals surface area (Å²) in [6.45, 7) is 0.182. The molecule has 9 nitrogen and oxygen atoms in total. The van der Waals surface area contributed by atoms with Crippen LogP contribution in [-0.4, -0.2) is 49.8 Å². The topological polar surface area (TPSA) is 164 Å². The maximum atomic E-state index is 12.1. The first-order valence-corrected chi connectivity index (χ1v) is 9.27. The second-order valence-electron chi connectivity index (χ2n) is 4.52. The first-order chi connectivity index (χ1) is 10.7. The van der Waals surface area contributed by atoms with E-state index in [2.05, 4.69) is 0 Å². The van der Waals surface area contributed by atoms with Gasteiger partial charge >= 0.3 is 19.2 Å². The molecule has 0 aliphatic heterocycles. The van der Waals surface area contributed by atoms with E-state index in [1.165, 1.54) is 12.1 Å². The van der Waals surface area contributed by atoms with Crippen LogP contribution in [0.3, 0.4) is 0 Å². The molecule has 1 aromatic rings. The van der Waals surface area contributed by atoms with Crippen LogP contribution in [-0.2, 0) is 4.79 Å². The smallest absolute Gasteiger partial charge is 0.356 e. The van der Waals surface area contributed by atoms with Crippen LogP contribution >= 0.6 is 19.5 Å². The Morgan fingerprint density at radius 3 is 2.52 bits per heavy atom. The third kappa shape index (κ3) is 5.52. The van der Waals surface area contributed by atoms with E-state index < -0.39 is 29.8 Å². The van der Waals surface area contributed by atoms with Crippen molar-refractivity contribution in [2.75, 3.05) is 18.5 Å². The van der Waals surface area contributed by atoms with Gasteiger partial charge in [-0.05, 0) is 25.1 Å². The van der Waals surface area contributed by atoms with Crippen molar-refractivity contribution in [1.29, 1.82) is 0 Å². The molecule has 0 spiro atoms. The van der Waals surface area contributed by atoms with Crippen molar-refractivity contribution in [3.05, 3.63) is 33.9 Å². The Bertz CT molecular complexity index is 623. The summed E-state index contributed by atoms with van der Waals surface area (Å²) in [5.41, 5.74) is 3.63. The molecule has 1 aromatic carbocycles. The number of nitro groups is 1. The van der Waals surface area contributed by atoms with Crippen LogP contribution in [0.15, 0.2) is 23.1 Å². The third-order valence-electron chi connectivity index (χ3n) is 2.75. The number of thioether (sulfide) groups is 1. The minimum absolute atomic E-state index is 0.0794. The van der Waals surface area contributed by atoms with Crippen molar-refractivity contribution in [2.24, 2.45) is 5.73 Å². The van der Waals surface area contributed by atoms with Gasteiger partial charge in [0.1, 0.15) is 6.16 Å². The number of carbonyl (C=O) groups is 2. The van der Waals surface area contributed by atoms with E-state index in [0.29, 0.717) is 0 Å². The normalized spacial score (nSPS) is 11.3. The first-order valence-electron chi connectivity index (χ1n) is 6.40. The average Bonchev–Trinajstić information content (AvgIpc) is 2.49. The molecule has 126 valence electrons. The Hall–Kier alpha value is -1.58. The molecular weight excluding hydrogens is 347 g/mol. The Morgan fingerprint density at radius 1 is 1.35 bits per heavy atom. The van der Waals surface area contributed by atoms with E-state index >= 15 is 0 Å². The summed E-state index contributed by atoms with van der Waals surface area (Å²) >= 11 is 0.740. The number of hydrogen-bond acceptors (Lipinski definition) is 8. The summed E-state index contributed by atoms with van der Waals surface area (Å²) in [6.07, 6.45) is 0.0484. The lowest BCUT2D eigenvalue weighted by molar-refractivity contribution is -0.387. The Kier molecular flexibility index (Phi) is 7.04. The van der Waals surface area contributed by atoms with Gasteiger partial charge in [0.15, 0.2) is 0 Å². The second kappa shape index (κ2) is 8.32. The molecule has 0 saturated carbocycles. The van der Waals surface area contributed by atoms with Gasteiger partial charge in [-0.15, -0.1) is 11.8 Å². The van der Waals surface area contributed by atoms with Crippen LogP contribution in [0.5, 0.6) is 0 Å². The van der Waals surface area contributed by atoms with Crippen LogP contribution in [0.4, 0.5) is 5.69 Å². The highest BCUT2D eigenvalue weighted by atomic mass is 32.2. The summed E-state index contributed by atoms with van der Waals surface area (Å²) in [7, 11) is -3.91. The Balaban J connectivity index is 3.10. The highest BCUT2D eigenvalue weighted by Gasteiger charge is 2.44. The van der Waals surface area contributed by atoms with E-state index in [4.69, 9.17) is 10.8 Å². The lowest BCUT2D eigenvalue weighted by Crippen LogP contribution is -2.13. The number of carboxylic acid groups (broad SMARTS) is 1. The number of nitro benzene ring substituents is 1. The zero-order valence-corrected chi connectivity index (χ0v) is 13.6. The van der Waals surface area contributed by atoms with Crippen molar-refractivity contribution in [1.82, 2.24) is 0 Å². The molecule has 0 radical (unpaired) electrons. The molecule has 0 aliphatic rings. The van der Waals surface area contributed by atoms with Crippen molar-refractivity contribution < 1.29 is 29.4 Å². The summed E-state index contributed by atoms with van der Waals surface area (Å²) in [5, 5.41) is 19.7. The summed E-state index contributed by atoms with van der Waals surface area (Å²) < 4.78 is 0. The maximum absolute atomic E-state index is 12.1. The number of benzene rings is 1. The fraction of sp³-hybridized carbons (Fsp3) is 0.333. The lowest BCUT2D eigenvalue weighted by Gasteiger charge is -2.10. The molecule has 0 amide bonds. The van der Waals surface area contributed by atoms with E-state index in [0.717, 1.165) is 17.8 Å². The van der Waals surface area contributed by atoms with Crippen LogP contribution in [0.25, 0.3) is 0 Å². The molecular formula is C12H16N2O7PS+. The van der Waals surface area contributed by atoms with Crippen molar-refractivity contribution in [3.8, 4) is 0 Å². The largest absolute Gasteiger partial charge is 0.481 e. The molecule has 0 atom stereocenters. The molecule has 0 fully saturated rings. The quantitative estimate of drug-likeness (QED) is 0.217. The van der Waals surface area contributed by atoms with Crippen molar-refractivity contribution in [2.45, 2.75) is 11.3 Å². The fourth-order valence-electron chi connectivity index (χ4n) is 1.67. The van der Waals surface area contributed by atoms with Gasteiger partial charge in [0.25, 0.3) is 5.69 Å². The van der Waals surface area contributed by atoms with Crippen molar-refractivity contribution in [3.63, 3.8) is 0 Å². The Morgan fingerprint density at radius 2 is 2.00 bits per heavy atom. The molecule has 0 unspecified atom stereocenters. The second-order valence-corrected chi connectivity index (χ2v) is 7.85. The zero-order valence-electron chi connectivity index (χ0n) is 11.9. The monoisotopic (exact) mass is 363 g/mol. The SMILES string of the molecule is NCCC[P+](O)(O)C(=O)c1ccc(SCC(=O)O)c([N+](=O)[O-])c1. The van der Waals surface area contributed by atoms with E-state index in [-0.39, 0.29) is 35.3 Å². The molecule has 0 heterocycles. The van der Waals surface area contributed by atoms with Crippen LogP contribution in [0.1, 0.15) is 16.8 Å². The van der Waals surface area contributed by atoms with Crippen LogP contribution < -0.4 is 5.73 Å². The number of nitrogens with two attached hydrogens (primary N) is 1. The standard InChI is InChI=1S/C12H15N2O7PS/c13-4-1-5-22(20,21)12(17)8-2-3-10(23-7-11(15)16)9(6-8)14(18)19/h2-3,6,20-21H,1,4-5,7,13H2/p+1. The number of carbonyl (C=O) groups excluding carboxylic acids is 1. The maximum Gasteiger partial charge on any atom is 0.356 e. The summed E-state index contributed by atoms with van der Waals surface area (Å²) in [4.78, 5) is 52.7. The van der Waals surface area contributed by atoms with Crippen LogP contribution in [0.2, 0.25) is 0 Å². The van der Waals surface area contributed by atoms with Gasteiger partial charge in [0.05, 0.1) is 21.1 Å². The number of carboxylic acids is 1. The van der Waals surface area contributed by atoms with E-state index in [9.17, 15) is 29.5 Å². The van der Waals surface area contributed by atoms with Gasteiger partial charge in [-0.1, -0.05) is 0 Å². The highest BCUT2D eigenvalue weighted by molar-refractivity contribution is 8.00. The lowest BCUT2D eigenvalue weighted by atomic mass is 10.2. The molecule has 1 rings (SSSR count). The molecule has 5 N–H and O–H groups in total. The Labute approximate surface area is 136 Å². The average molecular weight is 363 g/mol. The molecule has 0 bridgehead atoms. The third-order valence-corrected chi connectivity index (χ3v) is 5.65. The number of hydrogen-bond donors (Lipinski definition) is 4. The number of rotatable bonds is 9. The number of aliphatic carboxylic acids is 1. The molecule has 0 aliphatic carbocycles. The van der Waals surface area contributed by atoms with Gasteiger partial charge in [-0.3, -0.25) is 14.9 Å². The first kappa shape index (κ1) is 19.5. The van der Waals surface area contributed by atoms with Gasteiger partial charge in [0, 0.05) is 6.07 Å². The van der Waals surface area contributed by atoms with Gasteiger partial charge in [0.2, 0.25) is 0 Å². The molecule has 0 saturated heterocycles. The summed E-state index contributed by atoms with van der Waals surface area (Å²) in [5.74, 6) is -1.51. The minimum Gasteiger partial charge on any atom is -0.481 e. The predicted octanol–water partition coefficient (Wildman–Crippen LogP) is 1.09. The molecule has 23 heavy (non-hydrogen) atoms. The minimum atomic E-state index is -3.91. The van der Waals surface area contributed by atoms with Crippen LogP contribution in [0, 0.1) is 10.1 Å². The van der Waals surface area contributed by atoms with Gasteiger partial charge in [-0.2, -0.15) is 0 Å². The summed E-state index contributed by atoms with van der Waals surface area (Å²) in [6, 6.07) is 3.36. The zero-order chi connectivity index (χ0) is 17.6. The van der Waals surface area contributed by atoms with Gasteiger partial charge < -0.3 is 10.8 Å². The van der Waals surface area contributed by atoms with E-state index in [1.807, 2.05) is 0 Å². The predicted molar refractivity (Wildman–Crippen MR) is 85.7 cm³/mol.